The quantitative estimate of drug-likeness (QED) is 0.301. The largest absolute Gasteiger partial charge is 0.455 e. The average Bonchev–Trinajstić information content (AvgIpc) is 3.27. The lowest BCUT2D eigenvalue weighted by atomic mass is 9.93. The van der Waals surface area contributed by atoms with Crippen LogP contribution in [-0.4, -0.2) is 40.2 Å². The molecule has 2 aromatic heterocycles. The van der Waals surface area contributed by atoms with Gasteiger partial charge in [0, 0.05) is 17.1 Å². The molecule has 30 heavy (non-hydrogen) atoms. The van der Waals surface area contributed by atoms with E-state index in [-0.39, 0.29) is 24.3 Å². The summed E-state index contributed by atoms with van der Waals surface area (Å²) in [6.45, 7) is -0.248. The summed E-state index contributed by atoms with van der Waals surface area (Å²) in [4.78, 5) is 36.4. The molecule has 0 aliphatic heterocycles. The van der Waals surface area contributed by atoms with Crippen molar-refractivity contribution >= 4 is 50.9 Å². The van der Waals surface area contributed by atoms with E-state index in [2.05, 4.69) is 9.97 Å². The second kappa shape index (κ2) is 10.0. The number of ether oxygens (including phenoxy) is 1. The number of carbonyl (C=O) groups is 2. The Balaban J connectivity index is 1.35. The molecule has 1 amide bonds. The predicted octanol–water partition coefficient (Wildman–Crippen LogP) is 4.69. The molecule has 0 radical (unpaired) electrons. The van der Waals surface area contributed by atoms with Crippen molar-refractivity contribution in [3.63, 3.8) is 0 Å². The number of thiophene rings is 1. The fourth-order valence-electron chi connectivity index (χ4n) is 3.75. The fourth-order valence-corrected chi connectivity index (χ4v) is 5.33. The second-order valence-electron chi connectivity index (χ2n) is 7.16. The van der Waals surface area contributed by atoms with Gasteiger partial charge in [-0.25, -0.2) is 9.97 Å². The highest BCUT2D eigenvalue weighted by atomic mass is 32.2. The number of benzene rings is 1. The van der Waals surface area contributed by atoms with Gasteiger partial charge in [-0.15, -0.1) is 11.3 Å². The summed E-state index contributed by atoms with van der Waals surface area (Å²) < 4.78 is 5.32. The zero-order valence-corrected chi connectivity index (χ0v) is 18.2. The molecule has 6 nitrogen and oxygen atoms in total. The summed E-state index contributed by atoms with van der Waals surface area (Å²) in [5, 5.41) is 3.63. The number of nitrogens with zero attached hydrogens (tertiary/aromatic N) is 3. The van der Waals surface area contributed by atoms with Crippen molar-refractivity contribution < 1.29 is 14.3 Å². The Morgan fingerprint density at radius 1 is 1.10 bits per heavy atom. The lowest BCUT2D eigenvalue weighted by Crippen LogP contribution is -2.44. The Morgan fingerprint density at radius 3 is 2.70 bits per heavy atom. The van der Waals surface area contributed by atoms with Crippen LogP contribution in [0.2, 0.25) is 0 Å². The number of amides is 1. The predicted molar refractivity (Wildman–Crippen MR) is 120 cm³/mol. The summed E-state index contributed by atoms with van der Waals surface area (Å²) in [5.74, 6) is -0.495. The SMILES string of the molecule is O=C(CSc1ncnc2sccc12)OCC(=O)N(c1ccccc1)C1CCCCC1. The molecular formula is C22H23N3O3S2. The minimum Gasteiger partial charge on any atom is -0.455 e. The molecule has 1 saturated carbocycles. The molecule has 0 spiro atoms. The first kappa shape index (κ1) is 20.8. The van der Waals surface area contributed by atoms with Crippen molar-refractivity contribution in [3.8, 4) is 0 Å². The van der Waals surface area contributed by atoms with E-state index in [1.54, 1.807) is 0 Å². The first-order valence-electron chi connectivity index (χ1n) is 10.1. The number of thioether (sulfide) groups is 1. The van der Waals surface area contributed by atoms with Crippen LogP contribution in [0.4, 0.5) is 5.69 Å². The van der Waals surface area contributed by atoms with E-state index in [1.165, 1.54) is 35.8 Å². The van der Waals surface area contributed by atoms with Crippen LogP contribution in [-0.2, 0) is 14.3 Å². The van der Waals surface area contributed by atoms with Crippen LogP contribution in [0.15, 0.2) is 53.1 Å². The van der Waals surface area contributed by atoms with Crippen molar-refractivity contribution in [3.05, 3.63) is 48.1 Å². The van der Waals surface area contributed by atoms with Crippen LogP contribution >= 0.6 is 23.1 Å². The molecule has 2 heterocycles. The Kier molecular flexibility index (Phi) is 6.96. The Hall–Kier alpha value is -2.45. The van der Waals surface area contributed by atoms with Gasteiger partial charge >= 0.3 is 5.97 Å². The minimum absolute atomic E-state index is 0.101. The third kappa shape index (κ3) is 4.99. The molecule has 0 N–H and O–H groups in total. The molecule has 0 atom stereocenters. The second-order valence-corrected chi connectivity index (χ2v) is 9.02. The third-order valence-electron chi connectivity index (χ3n) is 5.15. The van der Waals surface area contributed by atoms with Crippen LogP contribution in [0.25, 0.3) is 10.2 Å². The van der Waals surface area contributed by atoms with Crippen molar-refractivity contribution in [2.24, 2.45) is 0 Å². The number of anilines is 1. The number of aromatic nitrogens is 2. The maximum absolute atomic E-state index is 13.0. The number of hydrogen-bond acceptors (Lipinski definition) is 7. The van der Waals surface area contributed by atoms with Gasteiger partial charge in [0.1, 0.15) is 16.2 Å². The standard InChI is InChI=1S/C22H23N3O3S2/c26-19(25(16-7-3-1-4-8-16)17-9-5-2-6-10-17)13-28-20(27)14-30-22-18-11-12-29-21(18)23-15-24-22/h1,3-4,7-8,11-12,15,17H,2,5-6,9-10,13-14H2. The summed E-state index contributed by atoms with van der Waals surface area (Å²) in [5.41, 5.74) is 0.862. The summed E-state index contributed by atoms with van der Waals surface area (Å²) in [6.07, 6.45) is 6.91. The molecule has 0 saturated heterocycles. The van der Waals surface area contributed by atoms with E-state index in [1.807, 2.05) is 46.7 Å². The number of para-hydroxylation sites is 1. The molecule has 1 fully saturated rings. The van der Waals surface area contributed by atoms with Crippen LogP contribution in [0.3, 0.4) is 0 Å². The zero-order chi connectivity index (χ0) is 20.8. The van der Waals surface area contributed by atoms with Gasteiger partial charge in [-0.1, -0.05) is 49.2 Å². The summed E-state index contributed by atoms with van der Waals surface area (Å²) in [6, 6.07) is 11.8. The average molecular weight is 442 g/mol. The van der Waals surface area contributed by atoms with Gasteiger partial charge in [-0.3, -0.25) is 9.59 Å². The van der Waals surface area contributed by atoms with Crippen molar-refractivity contribution in [1.82, 2.24) is 9.97 Å². The minimum atomic E-state index is -0.424. The Labute approximate surface area is 183 Å². The lowest BCUT2D eigenvalue weighted by molar-refractivity contribution is -0.145. The highest BCUT2D eigenvalue weighted by molar-refractivity contribution is 8.00. The summed E-state index contributed by atoms with van der Waals surface area (Å²) >= 11 is 2.84. The zero-order valence-electron chi connectivity index (χ0n) is 16.5. The lowest BCUT2D eigenvalue weighted by Gasteiger charge is -2.34. The van der Waals surface area contributed by atoms with E-state index >= 15 is 0 Å². The van der Waals surface area contributed by atoms with Gasteiger partial charge in [0.25, 0.3) is 5.91 Å². The Morgan fingerprint density at radius 2 is 1.90 bits per heavy atom. The molecule has 1 aliphatic rings. The maximum Gasteiger partial charge on any atom is 0.316 e. The van der Waals surface area contributed by atoms with E-state index in [9.17, 15) is 9.59 Å². The van der Waals surface area contributed by atoms with E-state index in [0.717, 1.165) is 46.6 Å². The van der Waals surface area contributed by atoms with E-state index < -0.39 is 5.97 Å². The van der Waals surface area contributed by atoms with Crippen LogP contribution in [0, 0.1) is 0 Å². The maximum atomic E-state index is 13.0. The van der Waals surface area contributed by atoms with Crippen LogP contribution in [0.1, 0.15) is 32.1 Å². The molecule has 0 bridgehead atoms. The molecule has 8 heteroatoms. The van der Waals surface area contributed by atoms with Gasteiger partial charge < -0.3 is 9.64 Å². The fraction of sp³-hybridized carbons (Fsp3) is 0.364. The molecule has 4 rings (SSSR count). The van der Waals surface area contributed by atoms with Gasteiger partial charge in [-0.2, -0.15) is 0 Å². The normalized spacial score (nSPS) is 14.5. The van der Waals surface area contributed by atoms with Gasteiger partial charge in [0.2, 0.25) is 0 Å². The first-order chi connectivity index (χ1) is 14.7. The topological polar surface area (TPSA) is 72.4 Å². The molecule has 156 valence electrons. The molecule has 0 unspecified atom stereocenters. The highest BCUT2D eigenvalue weighted by Crippen LogP contribution is 2.29. The Bertz CT molecular complexity index is 1000. The smallest absolute Gasteiger partial charge is 0.316 e. The van der Waals surface area contributed by atoms with Crippen LogP contribution in [0.5, 0.6) is 0 Å². The molecule has 1 aliphatic carbocycles. The monoisotopic (exact) mass is 441 g/mol. The number of esters is 1. The van der Waals surface area contributed by atoms with Crippen molar-refractivity contribution in [1.29, 1.82) is 0 Å². The molecule has 3 aromatic rings. The number of carbonyl (C=O) groups excluding carboxylic acids is 2. The van der Waals surface area contributed by atoms with E-state index in [0.29, 0.717) is 0 Å². The van der Waals surface area contributed by atoms with Crippen molar-refractivity contribution in [2.45, 2.75) is 43.2 Å². The van der Waals surface area contributed by atoms with Gasteiger partial charge in [0.05, 0.1) is 5.75 Å². The number of hydrogen-bond donors (Lipinski definition) is 0. The number of fused-ring (bicyclic) bond motifs is 1. The van der Waals surface area contributed by atoms with Gasteiger partial charge in [0.15, 0.2) is 6.61 Å². The molecular weight excluding hydrogens is 418 g/mol. The van der Waals surface area contributed by atoms with E-state index in [4.69, 9.17) is 4.74 Å². The number of rotatable bonds is 7. The van der Waals surface area contributed by atoms with Crippen LogP contribution < -0.4 is 4.90 Å². The third-order valence-corrected chi connectivity index (χ3v) is 6.95. The van der Waals surface area contributed by atoms with Crippen molar-refractivity contribution in [2.75, 3.05) is 17.3 Å². The van der Waals surface area contributed by atoms with Gasteiger partial charge in [-0.05, 0) is 36.4 Å². The molecule has 1 aromatic carbocycles. The first-order valence-corrected chi connectivity index (χ1v) is 11.9. The highest BCUT2D eigenvalue weighted by Gasteiger charge is 2.27. The summed E-state index contributed by atoms with van der Waals surface area (Å²) in [7, 11) is 0.